The highest BCUT2D eigenvalue weighted by atomic mass is 16.5. The second-order valence-corrected chi connectivity index (χ2v) is 4.60. The molecule has 19 heavy (non-hydrogen) atoms. The van der Waals surface area contributed by atoms with Gasteiger partial charge in [0, 0.05) is 24.4 Å². The molecule has 3 rings (SSSR count). The van der Waals surface area contributed by atoms with Crippen LogP contribution in [0.25, 0.3) is 11.3 Å². The molecule has 2 aromatic rings. The van der Waals surface area contributed by atoms with Crippen LogP contribution in [0.15, 0.2) is 48.7 Å². The van der Waals surface area contributed by atoms with E-state index in [0.29, 0.717) is 12.2 Å². The van der Waals surface area contributed by atoms with Crippen LogP contribution in [0, 0.1) is 0 Å². The van der Waals surface area contributed by atoms with Gasteiger partial charge in [0.25, 0.3) is 0 Å². The fraction of sp³-hybridized carbons (Fsp3) is 0.200. The lowest BCUT2D eigenvalue weighted by Crippen LogP contribution is -2.04. The zero-order chi connectivity index (χ0) is 13.4. The molecule has 1 fully saturated rings. The van der Waals surface area contributed by atoms with E-state index in [0.717, 1.165) is 16.8 Å². The van der Waals surface area contributed by atoms with E-state index in [1.54, 1.807) is 6.20 Å². The first-order valence-electron chi connectivity index (χ1n) is 6.11. The number of aromatic nitrogens is 2. The van der Waals surface area contributed by atoms with Crippen LogP contribution in [0.3, 0.4) is 0 Å². The molecule has 96 valence electrons. The van der Waals surface area contributed by atoms with Gasteiger partial charge in [-0.25, -0.2) is 4.79 Å². The molecule has 1 aromatic heterocycles. The lowest BCUT2D eigenvalue weighted by molar-refractivity contribution is -0.135. The van der Waals surface area contributed by atoms with Gasteiger partial charge < -0.3 is 4.74 Å². The summed E-state index contributed by atoms with van der Waals surface area (Å²) in [5.41, 5.74) is 3.66. The lowest BCUT2D eigenvalue weighted by Gasteiger charge is -2.14. The topological polar surface area (TPSA) is 44.1 Å². The average Bonchev–Trinajstić information content (AvgIpc) is 2.98. The van der Waals surface area contributed by atoms with Crippen LogP contribution in [0.4, 0.5) is 0 Å². The Morgan fingerprint density at radius 1 is 1.37 bits per heavy atom. The molecule has 0 amide bonds. The minimum Gasteiger partial charge on any atom is -0.461 e. The molecule has 0 N–H and O–H groups in total. The van der Waals surface area contributed by atoms with Crippen molar-refractivity contribution in [2.75, 3.05) is 6.61 Å². The molecule has 0 saturated carbocycles. The summed E-state index contributed by atoms with van der Waals surface area (Å²) in [5.74, 6) is -0.372. The number of esters is 1. The van der Waals surface area contributed by atoms with Gasteiger partial charge >= 0.3 is 5.97 Å². The summed E-state index contributed by atoms with van der Waals surface area (Å²) in [6, 6.07) is 9.94. The largest absolute Gasteiger partial charge is 0.461 e. The van der Waals surface area contributed by atoms with Crippen molar-refractivity contribution >= 4 is 5.97 Å². The molecule has 4 nitrogen and oxygen atoms in total. The number of carbonyl (C=O) groups excluding carboxylic acids is 1. The number of nitrogens with zero attached hydrogens (tertiary/aromatic N) is 2. The summed E-state index contributed by atoms with van der Waals surface area (Å²) in [5, 5.41) is 4.19. The third kappa shape index (κ3) is 1.85. The Balaban J connectivity index is 2.11. The Morgan fingerprint density at radius 2 is 2.16 bits per heavy atom. The highest BCUT2D eigenvalue weighted by molar-refractivity contribution is 5.92. The molecule has 0 radical (unpaired) electrons. The lowest BCUT2D eigenvalue weighted by atomic mass is 9.89. The molecule has 1 aliphatic heterocycles. The molecule has 4 heteroatoms. The van der Waals surface area contributed by atoms with E-state index in [1.165, 1.54) is 0 Å². The average molecular weight is 254 g/mol. The summed E-state index contributed by atoms with van der Waals surface area (Å²) >= 11 is 0. The molecule has 0 bridgehead atoms. The SMILES string of the molecule is C=C1C(=O)OCC1c1ccccc1-c1ccnn1C. The minimum absolute atomic E-state index is 0.0707. The molecular weight excluding hydrogens is 240 g/mol. The molecule has 2 heterocycles. The second kappa shape index (κ2) is 4.39. The zero-order valence-electron chi connectivity index (χ0n) is 10.7. The van der Waals surface area contributed by atoms with Gasteiger partial charge in [-0.2, -0.15) is 5.10 Å². The fourth-order valence-corrected chi connectivity index (χ4v) is 2.44. The van der Waals surface area contributed by atoms with Crippen molar-refractivity contribution in [1.82, 2.24) is 9.78 Å². The molecular formula is C15H14N2O2. The van der Waals surface area contributed by atoms with Crippen LogP contribution in [0.5, 0.6) is 0 Å². The number of rotatable bonds is 2. The zero-order valence-corrected chi connectivity index (χ0v) is 10.7. The number of hydrogen-bond acceptors (Lipinski definition) is 3. The quantitative estimate of drug-likeness (QED) is 0.610. The Morgan fingerprint density at radius 3 is 2.79 bits per heavy atom. The normalized spacial score (nSPS) is 18.7. The standard InChI is InChI=1S/C15H14N2O2/c1-10-13(9-19-15(10)18)11-5-3-4-6-12(11)14-7-8-16-17(14)2/h3-8,13H,1,9H2,2H3. The third-order valence-electron chi connectivity index (χ3n) is 3.50. The van der Waals surface area contributed by atoms with Crippen molar-refractivity contribution in [3.63, 3.8) is 0 Å². The van der Waals surface area contributed by atoms with E-state index in [9.17, 15) is 4.79 Å². The predicted molar refractivity (Wildman–Crippen MR) is 71.5 cm³/mol. The van der Waals surface area contributed by atoms with Gasteiger partial charge in [0.05, 0.1) is 11.6 Å². The maximum atomic E-state index is 11.5. The fourth-order valence-electron chi connectivity index (χ4n) is 2.44. The Hall–Kier alpha value is -2.36. The minimum atomic E-state index is -0.301. The van der Waals surface area contributed by atoms with Crippen molar-refractivity contribution in [3.05, 3.63) is 54.2 Å². The van der Waals surface area contributed by atoms with E-state index in [4.69, 9.17) is 4.74 Å². The second-order valence-electron chi connectivity index (χ2n) is 4.60. The molecule has 0 aliphatic carbocycles. The van der Waals surface area contributed by atoms with Gasteiger partial charge in [0.1, 0.15) is 6.61 Å². The van der Waals surface area contributed by atoms with E-state index >= 15 is 0 Å². The highest BCUT2D eigenvalue weighted by Crippen LogP contribution is 2.36. The molecule has 1 atom stereocenters. The molecule has 1 aliphatic rings. The van der Waals surface area contributed by atoms with Gasteiger partial charge in [-0.1, -0.05) is 30.8 Å². The summed E-state index contributed by atoms with van der Waals surface area (Å²) in [6.07, 6.45) is 1.76. The van der Waals surface area contributed by atoms with Crippen LogP contribution in [0.1, 0.15) is 11.5 Å². The van der Waals surface area contributed by atoms with E-state index < -0.39 is 0 Å². The van der Waals surface area contributed by atoms with E-state index in [2.05, 4.69) is 11.7 Å². The number of benzene rings is 1. The molecule has 1 unspecified atom stereocenters. The van der Waals surface area contributed by atoms with E-state index in [1.807, 2.05) is 42.1 Å². The number of carbonyl (C=O) groups is 1. The molecule has 1 saturated heterocycles. The van der Waals surface area contributed by atoms with Gasteiger partial charge in [-0.05, 0) is 11.6 Å². The van der Waals surface area contributed by atoms with Crippen molar-refractivity contribution in [1.29, 1.82) is 0 Å². The van der Waals surface area contributed by atoms with Crippen LogP contribution in [0.2, 0.25) is 0 Å². The smallest absolute Gasteiger partial charge is 0.334 e. The molecule has 0 spiro atoms. The third-order valence-corrected chi connectivity index (χ3v) is 3.50. The van der Waals surface area contributed by atoms with Crippen LogP contribution >= 0.6 is 0 Å². The highest BCUT2D eigenvalue weighted by Gasteiger charge is 2.31. The Kier molecular flexibility index (Phi) is 2.71. The maximum absolute atomic E-state index is 11.5. The van der Waals surface area contributed by atoms with Gasteiger partial charge in [0.2, 0.25) is 0 Å². The predicted octanol–water partition coefficient (Wildman–Crippen LogP) is 2.28. The van der Waals surface area contributed by atoms with Gasteiger partial charge in [0.15, 0.2) is 0 Å². The van der Waals surface area contributed by atoms with Gasteiger partial charge in [-0.3, -0.25) is 4.68 Å². The summed E-state index contributed by atoms with van der Waals surface area (Å²) in [6.45, 7) is 4.21. The van der Waals surface area contributed by atoms with Crippen LogP contribution in [-0.4, -0.2) is 22.4 Å². The van der Waals surface area contributed by atoms with E-state index in [-0.39, 0.29) is 11.9 Å². The monoisotopic (exact) mass is 254 g/mol. The summed E-state index contributed by atoms with van der Waals surface area (Å²) in [7, 11) is 1.90. The summed E-state index contributed by atoms with van der Waals surface area (Å²) in [4.78, 5) is 11.5. The number of hydrogen-bond donors (Lipinski definition) is 0. The van der Waals surface area contributed by atoms with Crippen molar-refractivity contribution in [2.45, 2.75) is 5.92 Å². The number of ether oxygens (including phenoxy) is 1. The Bertz CT molecular complexity index is 658. The van der Waals surface area contributed by atoms with Crippen molar-refractivity contribution in [3.8, 4) is 11.3 Å². The number of cyclic esters (lactones) is 1. The molecule has 1 aromatic carbocycles. The van der Waals surface area contributed by atoms with Crippen LogP contribution in [-0.2, 0) is 16.6 Å². The first-order chi connectivity index (χ1) is 9.18. The first-order valence-corrected chi connectivity index (χ1v) is 6.11. The first kappa shape index (κ1) is 11.7. The van der Waals surface area contributed by atoms with Gasteiger partial charge in [-0.15, -0.1) is 0 Å². The number of aryl methyl sites for hydroxylation is 1. The van der Waals surface area contributed by atoms with Crippen molar-refractivity contribution < 1.29 is 9.53 Å². The van der Waals surface area contributed by atoms with Crippen molar-refractivity contribution in [2.24, 2.45) is 7.05 Å². The maximum Gasteiger partial charge on any atom is 0.334 e. The Labute approximate surface area is 111 Å². The van der Waals surface area contributed by atoms with Crippen LogP contribution < -0.4 is 0 Å². The summed E-state index contributed by atoms with van der Waals surface area (Å²) < 4.78 is 6.89.